The summed E-state index contributed by atoms with van der Waals surface area (Å²) in [6, 6.07) is 3.66. The van der Waals surface area contributed by atoms with Crippen molar-refractivity contribution in [2.45, 2.75) is 25.0 Å². The molecule has 7 nitrogen and oxygen atoms in total. The van der Waals surface area contributed by atoms with Crippen molar-refractivity contribution in [3.63, 3.8) is 0 Å². The standard InChI is InChI=1S/C13H15NO6/c15-7-1-3-9(10(16)5-7)12(17)14-6-8-2-4-11(20-8)13(18)19/h1,3,5,8,11,15-16H,2,4,6H2,(H,14,17)(H,18,19). The Labute approximate surface area is 114 Å². The minimum atomic E-state index is -1.00. The van der Waals surface area contributed by atoms with Crippen LogP contribution in [0.2, 0.25) is 0 Å². The largest absolute Gasteiger partial charge is 0.508 e. The number of nitrogens with one attached hydrogen (secondary N) is 1. The lowest BCUT2D eigenvalue weighted by Gasteiger charge is -2.12. The van der Waals surface area contributed by atoms with E-state index in [-0.39, 0.29) is 29.7 Å². The lowest BCUT2D eigenvalue weighted by molar-refractivity contribution is -0.149. The van der Waals surface area contributed by atoms with E-state index in [0.29, 0.717) is 12.8 Å². The molecule has 2 rings (SSSR count). The van der Waals surface area contributed by atoms with Crippen molar-refractivity contribution in [2.24, 2.45) is 0 Å². The van der Waals surface area contributed by atoms with Crippen LogP contribution in [0.3, 0.4) is 0 Å². The van der Waals surface area contributed by atoms with Gasteiger partial charge in [0, 0.05) is 12.6 Å². The highest BCUT2D eigenvalue weighted by atomic mass is 16.5. The van der Waals surface area contributed by atoms with E-state index < -0.39 is 18.0 Å². The Kier molecular flexibility index (Phi) is 4.09. The maximum atomic E-state index is 11.8. The number of ether oxygens (including phenoxy) is 1. The quantitative estimate of drug-likeness (QED) is 0.637. The fraction of sp³-hybridized carbons (Fsp3) is 0.385. The van der Waals surface area contributed by atoms with Gasteiger partial charge in [-0.1, -0.05) is 0 Å². The summed E-state index contributed by atoms with van der Waals surface area (Å²) in [7, 11) is 0. The van der Waals surface area contributed by atoms with Gasteiger partial charge in [0.05, 0.1) is 11.7 Å². The third-order valence-electron chi connectivity index (χ3n) is 3.10. The van der Waals surface area contributed by atoms with E-state index in [1.54, 1.807) is 0 Å². The molecule has 0 aromatic heterocycles. The van der Waals surface area contributed by atoms with Crippen molar-refractivity contribution in [2.75, 3.05) is 6.54 Å². The highest BCUT2D eigenvalue weighted by Crippen LogP contribution is 2.23. The second kappa shape index (κ2) is 5.79. The molecular formula is C13H15NO6. The molecule has 1 amide bonds. The smallest absolute Gasteiger partial charge is 0.332 e. The van der Waals surface area contributed by atoms with Gasteiger partial charge in [-0.05, 0) is 25.0 Å². The van der Waals surface area contributed by atoms with Gasteiger partial charge in [0.2, 0.25) is 0 Å². The van der Waals surface area contributed by atoms with Gasteiger partial charge < -0.3 is 25.4 Å². The van der Waals surface area contributed by atoms with Crippen LogP contribution in [-0.4, -0.2) is 45.9 Å². The van der Waals surface area contributed by atoms with Gasteiger partial charge in [0.1, 0.15) is 11.5 Å². The molecule has 7 heteroatoms. The zero-order valence-electron chi connectivity index (χ0n) is 10.6. The molecule has 4 N–H and O–H groups in total. The molecule has 1 aromatic rings. The molecule has 108 valence electrons. The van der Waals surface area contributed by atoms with Crippen LogP contribution in [-0.2, 0) is 9.53 Å². The van der Waals surface area contributed by atoms with Crippen LogP contribution < -0.4 is 5.32 Å². The summed E-state index contributed by atoms with van der Waals surface area (Å²) in [5.74, 6) is -1.97. The Morgan fingerprint density at radius 2 is 2.05 bits per heavy atom. The molecule has 1 fully saturated rings. The van der Waals surface area contributed by atoms with E-state index in [0.717, 1.165) is 6.07 Å². The van der Waals surface area contributed by atoms with Crippen molar-refractivity contribution in [1.82, 2.24) is 5.32 Å². The van der Waals surface area contributed by atoms with E-state index in [1.165, 1.54) is 12.1 Å². The number of phenolic OH excluding ortho intramolecular Hbond substituents is 2. The number of hydrogen-bond donors (Lipinski definition) is 4. The Morgan fingerprint density at radius 1 is 1.30 bits per heavy atom. The third kappa shape index (κ3) is 3.18. The van der Waals surface area contributed by atoms with Crippen molar-refractivity contribution in [1.29, 1.82) is 0 Å². The normalized spacial score (nSPS) is 21.6. The second-order valence-electron chi connectivity index (χ2n) is 4.57. The van der Waals surface area contributed by atoms with Crippen LogP contribution in [0.5, 0.6) is 11.5 Å². The van der Waals surface area contributed by atoms with Crippen LogP contribution in [0.1, 0.15) is 23.2 Å². The van der Waals surface area contributed by atoms with E-state index >= 15 is 0 Å². The van der Waals surface area contributed by atoms with Crippen molar-refractivity contribution < 1.29 is 29.6 Å². The molecule has 0 radical (unpaired) electrons. The van der Waals surface area contributed by atoms with Gasteiger partial charge in [0.25, 0.3) is 5.91 Å². The summed E-state index contributed by atoms with van der Waals surface area (Å²) in [5, 5.41) is 30.0. The van der Waals surface area contributed by atoms with E-state index in [1.807, 2.05) is 0 Å². The number of aromatic hydroxyl groups is 2. The van der Waals surface area contributed by atoms with Crippen LogP contribution in [0.15, 0.2) is 18.2 Å². The third-order valence-corrected chi connectivity index (χ3v) is 3.10. The first kappa shape index (κ1) is 14.1. The zero-order valence-corrected chi connectivity index (χ0v) is 10.6. The van der Waals surface area contributed by atoms with Crippen LogP contribution in [0.25, 0.3) is 0 Å². The highest BCUT2D eigenvalue weighted by Gasteiger charge is 2.30. The van der Waals surface area contributed by atoms with E-state index in [9.17, 15) is 14.7 Å². The predicted molar refractivity (Wildman–Crippen MR) is 67.6 cm³/mol. The number of amides is 1. The number of carbonyl (C=O) groups is 2. The first-order valence-electron chi connectivity index (χ1n) is 6.16. The van der Waals surface area contributed by atoms with Gasteiger partial charge in [0.15, 0.2) is 6.10 Å². The summed E-state index contributed by atoms with van der Waals surface area (Å²) in [6.07, 6.45) is -0.197. The fourth-order valence-electron chi connectivity index (χ4n) is 2.05. The van der Waals surface area contributed by atoms with E-state index in [2.05, 4.69) is 5.32 Å². The number of carboxylic acids is 1. The van der Waals surface area contributed by atoms with Crippen molar-refractivity contribution in [3.05, 3.63) is 23.8 Å². The minimum absolute atomic E-state index is 0.0376. The van der Waals surface area contributed by atoms with Crippen LogP contribution in [0.4, 0.5) is 0 Å². The van der Waals surface area contributed by atoms with Gasteiger partial charge in [-0.3, -0.25) is 4.79 Å². The molecule has 2 atom stereocenters. The Balaban J connectivity index is 1.88. The fourth-order valence-corrected chi connectivity index (χ4v) is 2.05. The monoisotopic (exact) mass is 281 g/mol. The maximum Gasteiger partial charge on any atom is 0.332 e. The summed E-state index contributed by atoms with van der Waals surface area (Å²) in [4.78, 5) is 22.5. The minimum Gasteiger partial charge on any atom is -0.508 e. The molecule has 2 unspecified atom stereocenters. The summed E-state index contributed by atoms with van der Waals surface area (Å²) >= 11 is 0. The molecule has 0 aliphatic carbocycles. The number of aliphatic carboxylic acids is 1. The Morgan fingerprint density at radius 3 is 2.65 bits per heavy atom. The molecule has 1 saturated heterocycles. The molecule has 0 bridgehead atoms. The maximum absolute atomic E-state index is 11.8. The topological polar surface area (TPSA) is 116 Å². The Hall–Kier alpha value is -2.28. The molecule has 0 spiro atoms. The molecule has 0 saturated carbocycles. The lowest BCUT2D eigenvalue weighted by atomic mass is 10.1. The second-order valence-corrected chi connectivity index (χ2v) is 4.57. The molecule has 1 heterocycles. The van der Waals surface area contributed by atoms with Gasteiger partial charge in [-0.15, -0.1) is 0 Å². The average Bonchev–Trinajstić information content (AvgIpc) is 2.85. The molecule has 1 aliphatic heterocycles. The number of benzene rings is 1. The SMILES string of the molecule is O=C(NCC1CCC(C(=O)O)O1)c1ccc(O)cc1O. The van der Waals surface area contributed by atoms with Gasteiger partial charge in [-0.25, -0.2) is 4.79 Å². The first-order valence-corrected chi connectivity index (χ1v) is 6.16. The zero-order chi connectivity index (χ0) is 14.7. The predicted octanol–water partition coefficient (Wildman–Crippen LogP) is 0.460. The molecule has 20 heavy (non-hydrogen) atoms. The summed E-state index contributed by atoms with van der Waals surface area (Å²) < 4.78 is 5.24. The molecule has 1 aromatic carbocycles. The number of hydrogen-bond acceptors (Lipinski definition) is 5. The average molecular weight is 281 g/mol. The van der Waals surface area contributed by atoms with Crippen LogP contribution >= 0.6 is 0 Å². The van der Waals surface area contributed by atoms with Gasteiger partial charge in [-0.2, -0.15) is 0 Å². The Bertz CT molecular complexity index is 530. The first-order chi connectivity index (χ1) is 9.47. The van der Waals surface area contributed by atoms with Crippen LogP contribution in [0, 0.1) is 0 Å². The highest BCUT2D eigenvalue weighted by molar-refractivity contribution is 5.97. The van der Waals surface area contributed by atoms with Gasteiger partial charge >= 0.3 is 5.97 Å². The molecular weight excluding hydrogens is 266 g/mol. The number of carboxylic acid groups (broad SMARTS) is 1. The summed E-state index contributed by atoms with van der Waals surface area (Å²) in [5.41, 5.74) is 0.0376. The number of rotatable bonds is 4. The number of carbonyl (C=O) groups excluding carboxylic acids is 1. The summed E-state index contributed by atoms with van der Waals surface area (Å²) in [6.45, 7) is 0.170. The number of phenols is 2. The van der Waals surface area contributed by atoms with Crippen molar-refractivity contribution in [3.8, 4) is 11.5 Å². The van der Waals surface area contributed by atoms with Crippen molar-refractivity contribution >= 4 is 11.9 Å². The lowest BCUT2D eigenvalue weighted by Crippen LogP contribution is -2.33. The van der Waals surface area contributed by atoms with E-state index in [4.69, 9.17) is 14.9 Å². The molecule has 1 aliphatic rings.